The number of carboxylic acids is 1. The summed E-state index contributed by atoms with van der Waals surface area (Å²) >= 11 is 0. The smallest absolute Gasteiger partial charge is 0.306 e. The Morgan fingerprint density at radius 2 is 2.11 bits per heavy atom. The van der Waals surface area contributed by atoms with Gasteiger partial charge in [0.15, 0.2) is 6.29 Å². The molecule has 1 saturated carbocycles. The van der Waals surface area contributed by atoms with Crippen LogP contribution in [0.1, 0.15) is 6.42 Å². The molecule has 0 aromatic heterocycles. The Labute approximate surface area is 51.7 Å². The molecule has 2 unspecified atom stereocenters. The molecule has 4 heteroatoms. The van der Waals surface area contributed by atoms with Crippen molar-refractivity contribution >= 4 is 5.97 Å². The van der Waals surface area contributed by atoms with E-state index in [1.54, 1.807) is 0 Å². The summed E-state index contributed by atoms with van der Waals surface area (Å²) in [5.74, 6) is -1.89. The molecule has 52 valence electrons. The molecule has 1 aliphatic rings. The molecule has 0 aromatic carbocycles. The van der Waals surface area contributed by atoms with E-state index in [0.29, 0.717) is 6.42 Å². The number of hydrogen-bond donors (Lipinski definition) is 3. The highest BCUT2D eigenvalue weighted by atomic mass is 16.5. The SMILES string of the molecule is O=C(O)C1CC1C(O)O. The highest BCUT2D eigenvalue weighted by Gasteiger charge is 2.47. The minimum absolute atomic E-state index is 0.396. The first kappa shape index (κ1) is 6.51. The molecular weight excluding hydrogens is 124 g/mol. The summed E-state index contributed by atoms with van der Waals surface area (Å²) in [5, 5.41) is 25.1. The van der Waals surface area contributed by atoms with Gasteiger partial charge in [0.05, 0.1) is 5.92 Å². The van der Waals surface area contributed by atoms with Gasteiger partial charge < -0.3 is 15.3 Å². The lowest BCUT2D eigenvalue weighted by Gasteiger charge is -1.96. The Balaban J connectivity index is 2.33. The van der Waals surface area contributed by atoms with Crippen molar-refractivity contribution in [1.29, 1.82) is 0 Å². The fourth-order valence-electron chi connectivity index (χ4n) is 0.828. The topological polar surface area (TPSA) is 77.8 Å². The molecule has 1 rings (SSSR count). The van der Waals surface area contributed by atoms with Gasteiger partial charge >= 0.3 is 5.97 Å². The van der Waals surface area contributed by atoms with Crippen LogP contribution in [0.4, 0.5) is 0 Å². The van der Waals surface area contributed by atoms with Crippen molar-refractivity contribution in [2.75, 3.05) is 0 Å². The predicted molar refractivity (Wildman–Crippen MR) is 27.5 cm³/mol. The summed E-state index contributed by atoms with van der Waals surface area (Å²) in [6, 6.07) is 0. The number of aliphatic hydroxyl groups is 2. The zero-order valence-corrected chi connectivity index (χ0v) is 4.69. The maximum atomic E-state index is 10.1. The van der Waals surface area contributed by atoms with Gasteiger partial charge in [0, 0.05) is 5.92 Å². The van der Waals surface area contributed by atoms with E-state index in [-0.39, 0.29) is 0 Å². The van der Waals surface area contributed by atoms with E-state index in [2.05, 4.69) is 0 Å². The molecule has 0 saturated heterocycles. The lowest BCUT2D eigenvalue weighted by Crippen LogP contribution is -2.11. The Kier molecular flexibility index (Phi) is 1.42. The molecule has 9 heavy (non-hydrogen) atoms. The van der Waals surface area contributed by atoms with E-state index in [4.69, 9.17) is 15.3 Å². The number of carboxylic acid groups (broad SMARTS) is 1. The standard InChI is InChI=1S/C5H8O4/c6-4(7)2-1-3(2)5(8)9/h2-4,6-7H,1H2,(H,8,9). The minimum Gasteiger partial charge on any atom is -0.481 e. The summed E-state index contributed by atoms with van der Waals surface area (Å²) in [7, 11) is 0. The molecule has 0 radical (unpaired) electrons. The van der Waals surface area contributed by atoms with Gasteiger partial charge in [0.25, 0.3) is 0 Å². The van der Waals surface area contributed by atoms with E-state index >= 15 is 0 Å². The third kappa shape index (κ3) is 1.20. The molecule has 1 aliphatic carbocycles. The first-order valence-electron chi connectivity index (χ1n) is 2.72. The van der Waals surface area contributed by atoms with Gasteiger partial charge in [-0.05, 0) is 6.42 Å². The minimum atomic E-state index is -1.45. The van der Waals surface area contributed by atoms with Crippen molar-refractivity contribution in [2.45, 2.75) is 12.7 Å². The number of aliphatic hydroxyl groups excluding tert-OH is 1. The molecule has 0 aliphatic heterocycles. The monoisotopic (exact) mass is 132 g/mol. The second-order valence-corrected chi connectivity index (χ2v) is 2.26. The molecule has 0 bridgehead atoms. The van der Waals surface area contributed by atoms with Gasteiger partial charge in [0.1, 0.15) is 0 Å². The second kappa shape index (κ2) is 1.97. The van der Waals surface area contributed by atoms with Crippen LogP contribution < -0.4 is 0 Å². The predicted octanol–water partition coefficient (Wildman–Crippen LogP) is -0.982. The van der Waals surface area contributed by atoms with Crippen LogP contribution in [0.15, 0.2) is 0 Å². The Hall–Kier alpha value is -0.610. The highest BCUT2D eigenvalue weighted by molar-refractivity contribution is 5.73. The molecule has 0 amide bonds. The largest absolute Gasteiger partial charge is 0.481 e. The van der Waals surface area contributed by atoms with E-state index in [1.807, 2.05) is 0 Å². The van der Waals surface area contributed by atoms with E-state index in [1.165, 1.54) is 0 Å². The van der Waals surface area contributed by atoms with Crippen LogP contribution in [0.2, 0.25) is 0 Å². The summed E-state index contributed by atoms with van der Waals surface area (Å²) in [6.45, 7) is 0. The van der Waals surface area contributed by atoms with Gasteiger partial charge in [-0.3, -0.25) is 4.79 Å². The van der Waals surface area contributed by atoms with E-state index in [0.717, 1.165) is 0 Å². The summed E-state index contributed by atoms with van der Waals surface area (Å²) < 4.78 is 0. The van der Waals surface area contributed by atoms with Crippen LogP contribution in [-0.2, 0) is 4.79 Å². The van der Waals surface area contributed by atoms with Gasteiger partial charge in [-0.15, -0.1) is 0 Å². The fourth-order valence-corrected chi connectivity index (χ4v) is 0.828. The van der Waals surface area contributed by atoms with Crippen LogP contribution in [0.25, 0.3) is 0 Å². The molecule has 0 spiro atoms. The van der Waals surface area contributed by atoms with Crippen molar-refractivity contribution in [3.63, 3.8) is 0 Å². The quantitative estimate of drug-likeness (QED) is 0.422. The van der Waals surface area contributed by atoms with Crippen molar-refractivity contribution in [2.24, 2.45) is 11.8 Å². The lowest BCUT2D eigenvalue weighted by molar-refractivity contribution is -0.141. The average molecular weight is 132 g/mol. The Morgan fingerprint density at radius 3 is 2.22 bits per heavy atom. The molecule has 4 nitrogen and oxygen atoms in total. The second-order valence-electron chi connectivity index (χ2n) is 2.26. The first-order chi connectivity index (χ1) is 4.13. The van der Waals surface area contributed by atoms with Crippen LogP contribution in [0, 0.1) is 11.8 Å². The maximum absolute atomic E-state index is 10.1. The third-order valence-electron chi connectivity index (χ3n) is 1.54. The molecule has 0 aromatic rings. The van der Waals surface area contributed by atoms with Crippen molar-refractivity contribution in [1.82, 2.24) is 0 Å². The zero-order chi connectivity index (χ0) is 7.02. The molecule has 3 N–H and O–H groups in total. The maximum Gasteiger partial charge on any atom is 0.306 e. The summed E-state index contributed by atoms with van der Waals surface area (Å²) in [5.41, 5.74) is 0. The van der Waals surface area contributed by atoms with E-state index in [9.17, 15) is 4.79 Å². The molecule has 2 atom stereocenters. The van der Waals surface area contributed by atoms with E-state index < -0.39 is 24.1 Å². The van der Waals surface area contributed by atoms with Crippen molar-refractivity contribution < 1.29 is 20.1 Å². The Morgan fingerprint density at radius 1 is 1.56 bits per heavy atom. The van der Waals surface area contributed by atoms with Gasteiger partial charge in [-0.2, -0.15) is 0 Å². The van der Waals surface area contributed by atoms with Crippen molar-refractivity contribution in [3.8, 4) is 0 Å². The average Bonchev–Trinajstić information content (AvgIpc) is 2.39. The third-order valence-corrected chi connectivity index (χ3v) is 1.54. The highest BCUT2D eigenvalue weighted by Crippen LogP contribution is 2.40. The van der Waals surface area contributed by atoms with Gasteiger partial charge in [-0.25, -0.2) is 0 Å². The van der Waals surface area contributed by atoms with Crippen LogP contribution >= 0.6 is 0 Å². The van der Waals surface area contributed by atoms with Crippen LogP contribution in [-0.4, -0.2) is 27.6 Å². The summed E-state index contributed by atoms with van der Waals surface area (Å²) in [6.07, 6.45) is -1.06. The number of hydrogen-bond acceptors (Lipinski definition) is 3. The summed E-state index contributed by atoms with van der Waals surface area (Å²) in [4.78, 5) is 10.1. The number of aliphatic carboxylic acids is 1. The molecule has 1 fully saturated rings. The zero-order valence-electron chi connectivity index (χ0n) is 4.69. The fraction of sp³-hybridized carbons (Fsp3) is 0.800. The first-order valence-corrected chi connectivity index (χ1v) is 2.72. The van der Waals surface area contributed by atoms with Crippen molar-refractivity contribution in [3.05, 3.63) is 0 Å². The normalized spacial score (nSPS) is 32.8. The molecular formula is C5H8O4. The lowest BCUT2D eigenvalue weighted by atomic mass is 10.3. The number of carbonyl (C=O) groups is 1. The molecule has 0 heterocycles. The van der Waals surface area contributed by atoms with Crippen LogP contribution in [0.5, 0.6) is 0 Å². The van der Waals surface area contributed by atoms with Gasteiger partial charge in [0.2, 0.25) is 0 Å². The van der Waals surface area contributed by atoms with Crippen LogP contribution in [0.3, 0.4) is 0 Å². The Bertz CT molecular complexity index is 131. The number of rotatable bonds is 2. The van der Waals surface area contributed by atoms with Gasteiger partial charge in [-0.1, -0.05) is 0 Å².